The largest absolute Gasteiger partial charge is 0.455 e. The summed E-state index contributed by atoms with van der Waals surface area (Å²) < 4.78 is 6.64. The summed E-state index contributed by atoms with van der Waals surface area (Å²) in [7, 11) is 0. The standard InChI is InChI=1S/C61H42N2O/c1-61(2)53-28-13-11-24-52(53)58-48(25-16-29-54(58)61)40-31-33-41(34-32-40)55-38-56(63-60(62-55)42-19-7-4-8-20-42)45-36-43(47-22-10-9-21-46(47)39-17-5-3-6-18-39)35-44(37-45)49-26-15-27-51-50-23-12-14-30-57(50)64-59(49)51/h3-38H,1-2H3. The molecule has 1 aliphatic rings. The molecular formula is C61H42N2O. The molecule has 64 heavy (non-hydrogen) atoms. The summed E-state index contributed by atoms with van der Waals surface area (Å²) in [4.78, 5) is 10.6. The smallest absolute Gasteiger partial charge is 0.160 e. The highest BCUT2D eigenvalue weighted by molar-refractivity contribution is 6.10. The number of aromatic nitrogens is 2. The number of benzene rings is 9. The zero-order valence-corrected chi connectivity index (χ0v) is 35.6. The number of hydrogen-bond acceptors (Lipinski definition) is 3. The van der Waals surface area contributed by atoms with Crippen molar-refractivity contribution in [1.82, 2.24) is 9.97 Å². The molecule has 0 aliphatic heterocycles. The molecule has 0 saturated heterocycles. The Balaban J connectivity index is 1.04. The van der Waals surface area contributed by atoms with E-state index in [4.69, 9.17) is 14.4 Å². The molecule has 0 bridgehead atoms. The maximum atomic E-state index is 6.64. The normalized spacial score (nSPS) is 12.7. The third-order valence-corrected chi connectivity index (χ3v) is 13.1. The first-order chi connectivity index (χ1) is 31.5. The van der Waals surface area contributed by atoms with Crippen LogP contribution in [0.3, 0.4) is 0 Å². The summed E-state index contributed by atoms with van der Waals surface area (Å²) in [6.45, 7) is 4.67. The number of para-hydroxylation sites is 2. The highest BCUT2D eigenvalue weighted by Crippen LogP contribution is 2.52. The van der Waals surface area contributed by atoms with Gasteiger partial charge in [-0.05, 0) is 91.5 Å². The second kappa shape index (κ2) is 15.0. The molecular weight excluding hydrogens is 777 g/mol. The van der Waals surface area contributed by atoms with Crippen LogP contribution in [0, 0.1) is 0 Å². The number of rotatable bonds is 7. The molecule has 0 unspecified atom stereocenters. The van der Waals surface area contributed by atoms with Gasteiger partial charge in [0.05, 0.1) is 11.4 Å². The van der Waals surface area contributed by atoms with E-state index in [-0.39, 0.29) is 5.41 Å². The molecule has 9 aromatic carbocycles. The third kappa shape index (κ3) is 6.28. The zero-order chi connectivity index (χ0) is 42.8. The molecule has 3 nitrogen and oxygen atoms in total. The molecule has 0 amide bonds. The lowest BCUT2D eigenvalue weighted by atomic mass is 9.82. The van der Waals surface area contributed by atoms with Crippen LogP contribution in [0.4, 0.5) is 0 Å². The third-order valence-electron chi connectivity index (χ3n) is 13.1. The van der Waals surface area contributed by atoms with E-state index in [1.165, 1.54) is 33.4 Å². The van der Waals surface area contributed by atoms with Gasteiger partial charge in [-0.1, -0.05) is 202 Å². The average molecular weight is 819 g/mol. The summed E-state index contributed by atoms with van der Waals surface area (Å²) in [6, 6.07) is 77.8. The molecule has 2 heterocycles. The van der Waals surface area contributed by atoms with Gasteiger partial charge in [-0.25, -0.2) is 9.97 Å². The summed E-state index contributed by atoms with van der Waals surface area (Å²) >= 11 is 0. The lowest BCUT2D eigenvalue weighted by molar-refractivity contribution is 0.660. The molecule has 1 aliphatic carbocycles. The van der Waals surface area contributed by atoms with Gasteiger partial charge in [-0.15, -0.1) is 0 Å². The van der Waals surface area contributed by atoms with Gasteiger partial charge in [0.15, 0.2) is 5.82 Å². The van der Waals surface area contributed by atoms with E-state index in [9.17, 15) is 0 Å². The van der Waals surface area contributed by atoms with Gasteiger partial charge in [0.25, 0.3) is 0 Å². The number of hydrogen-bond donors (Lipinski definition) is 0. The van der Waals surface area contributed by atoms with Gasteiger partial charge >= 0.3 is 0 Å². The van der Waals surface area contributed by atoms with E-state index < -0.39 is 0 Å². The van der Waals surface area contributed by atoms with E-state index in [0.29, 0.717) is 5.82 Å². The Morgan fingerprint density at radius 3 is 1.61 bits per heavy atom. The fourth-order valence-corrected chi connectivity index (χ4v) is 9.94. The predicted octanol–water partition coefficient (Wildman–Crippen LogP) is 16.4. The molecule has 0 atom stereocenters. The quantitative estimate of drug-likeness (QED) is 0.161. The Morgan fingerprint density at radius 1 is 0.344 bits per heavy atom. The Morgan fingerprint density at radius 2 is 0.844 bits per heavy atom. The fourth-order valence-electron chi connectivity index (χ4n) is 9.94. The first-order valence-electron chi connectivity index (χ1n) is 22.0. The van der Waals surface area contributed by atoms with E-state index >= 15 is 0 Å². The van der Waals surface area contributed by atoms with E-state index in [1.54, 1.807) is 0 Å². The zero-order valence-electron chi connectivity index (χ0n) is 35.6. The van der Waals surface area contributed by atoms with Gasteiger partial charge in [0, 0.05) is 38.4 Å². The number of furan rings is 1. The van der Waals surface area contributed by atoms with Crippen LogP contribution >= 0.6 is 0 Å². The van der Waals surface area contributed by atoms with Crippen LogP contribution < -0.4 is 0 Å². The molecule has 0 saturated carbocycles. The molecule has 0 fully saturated rings. The van der Waals surface area contributed by atoms with E-state index in [2.05, 4.69) is 202 Å². The van der Waals surface area contributed by atoms with Crippen molar-refractivity contribution in [2.45, 2.75) is 19.3 Å². The maximum absolute atomic E-state index is 6.64. The van der Waals surface area contributed by atoms with Crippen LogP contribution in [0.25, 0.3) is 111 Å². The Hall–Kier alpha value is -8.14. The molecule has 3 heteroatoms. The molecule has 0 N–H and O–H groups in total. The molecule has 12 rings (SSSR count). The van der Waals surface area contributed by atoms with E-state index in [1.807, 2.05) is 30.3 Å². The SMILES string of the molecule is CC1(C)c2ccccc2-c2c(-c3ccc(-c4cc(-c5cc(-c6ccccc6-c6ccccc6)cc(-c6cccc7c6oc6ccccc67)c5)nc(-c5ccccc5)n4)cc3)cccc21. The van der Waals surface area contributed by atoms with Crippen molar-refractivity contribution in [2.75, 3.05) is 0 Å². The van der Waals surface area contributed by atoms with Crippen LogP contribution in [0.5, 0.6) is 0 Å². The topological polar surface area (TPSA) is 38.9 Å². The number of nitrogens with zero attached hydrogens (tertiary/aromatic N) is 2. The minimum atomic E-state index is -0.0630. The van der Waals surface area contributed by atoms with E-state index in [0.717, 1.165) is 83.4 Å². The van der Waals surface area contributed by atoms with Gasteiger partial charge < -0.3 is 4.42 Å². The minimum Gasteiger partial charge on any atom is -0.455 e. The van der Waals surface area contributed by atoms with Gasteiger partial charge in [-0.3, -0.25) is 0 Å². The first kappa shape index (κ1) is 37.6. The maximum Gasteiger partial charge on any atom is 0.160 e. The highest BCUT2D eigenvalue weighted by atomic mass is 16.3. The summed E-state index contributed by atoms with van der Waals surface area (Å²) in [6.07, 6.45) is 0. The monoisotopic (exact) mass is 818 g/mol. The summed E-state index contributed by atoms with van der Waals surface area (Å²) in [5, 5.41) is 2.20. The molecule has 302 valence electrons. The van der Waals surface area contributed by atoms with Crippen molar-refractivity contribution >= 4 is 21.9 Å². The van der Waals surface area contributed by atoms with Gasteiger partial charge in [0.1, 0.15) is 11.2 Å². The number of fused-ring (bicyclic) bond motifs is 6. The van der Waals surface area contributed by atoms with Crippen LogP contribution in [0.2, 0.25) is 0 Å². The van der Waals surface area contributed by atoms with Crippen molar-refractivity contribution < 1.29 is 4.42 Å². The predicted molar refractivity (Wildman–Crippen MR) is 265 cm³/mol. The van der Waals surface area contributed by atoms with Crippen molar-refractivity contribution in [3.63, 3.8) is 0 Å². The molecule has 11 aromatic rings. The molecule has 2 aromatic heterocycles. The van der Waals surface area contributed by atoms with Crippen LogP contribution in [0.1, 0.15) is 25.0 Å². The minimum absolute atomic E-state index is 0.0630. The van der Waals surface area contributed by atoms with Crippen LogP contribution in [-0.4, -0.2) is 9.97 Å². The summed E-state index contributed by atoms with van der Waals surface area (Å²) in [5.74, 6) is 0.674. The first-order valence-corrected chi connectivity index (χ1v) is 22.0. The van der Waals surface area contributed by atoms with Crippen molar-refractivity contribution in [3.05, 3.63) is 230 Å². The Labute approximate surface area is 373 Å². The average Bonchev–Trinajstić information content (AvgIpc) is 3.86. The van der Waals surface area contributed by atoms with Crippen molar-refractivity contribution in [3.8, 4) is 89.5 Å². The van der Waals surface area contributed by atoms with Crippen molar-refractivity contribution in [1.29, 1.82) is 0 Å². The van der Waals surface area contributed by atoms with Gasteiger partial charge in [-0.2, -0.15) is 0 Å². The Bertz CT molecular complexity index is 3560. The fraction of sp³-hybridized carbons (Fsp3) is 0.0492. The molecule has 0 spiro atoms. The summed E-state index contributed by atoms with van der Waals surface area (Å²) in [5.41, 5.74) is 20.8. The molecule has 0 radical (unpaired) electrons. The Kier molecular flexibility index (Phi) is 8.84. The van der Waals surface area contributed by atoms with Gasteiger partial charge in [0.2, 0.25) is 0 Å². The lowest BCUT2D eigenvalue weighted by Crippen LogP contribution is -2.14. The van der Waals surface area contributed by atoms with Crippen molar-refractivity contribution in [2.24, 2.45) is 0 Å². The second-order valence-electron chi connectivity index (χ2n) is 17.3. The second-order valence-corrected chi connectivity index (χ2v) is 17.3. The van der Waals surface area contributed by atoms with Crippen LogP contribution in [-0.2, 0) is 5.41 Å². The van der Waals surface area contributed by atoms with Crippen LogP contribution in [0.15, 0.2) is 223 Å². The lowest BCUT2D eigenvalue weighted by Gasteiger charge is -2.21. The highest BCUT2D eigenvalue weighted by Gasteiger charge is 2.36.